The maximum atomic E-state index is 8.60. The van der Waals surface area contributed by atoms with Gasteiger partial charge >= 0.3 is 0 Å². The number of fused-ring (bicyclic) bond motifs is 5. The summed E-state index contributed by atoms with van der Waals surface area (Å²) in [5, 5.41) is 5.30. The van der Waals surface area contributed by atoms with Crippen molar-refractivity contribution in [3.05, 3.63) is 72.8 Å². The molecule has 3 N–H and O–H groups in total. The van der Waals surface area contributed by atoms with Crippen molar-refractivity contribution in [3.8, 4) is 22.6 Å². The van der Waals surface area contributed by atoms with Gasteiger partial charge in [0.15, 0.2) is 0 Å². The number of hydrogen-bond acceptors (Lipinski definition) is 8. The molecule has 0 unspecified atom stereocenters. The molecule has 1 heterocycles. The van der Waals surface area contributed by atoms with Crippen molar-refractivity contribution in [1.82, 2.24) is 4.98 Å². The molecule has 0 atom stereocenters. The van der Waals surface area contributed by atoms with Crippen LogP contribution in [0.5, 0.6) is 11.5 Å². The first-order valence-electron chi connectivity index (χ1n) is 10.1. The van der Waals surface area contributed by atoms with Gasteiger partial charge in [0.25, 0.3) is 0 Å². The van der Waals surface area contributed by atoms with E-state index < -0.39 is 10.2 Å². The van der Waals surface area contributed by atoms with Crippen LogP contribution in [0, 0.1) is 10.2 Å². The molecule has 0 aliphatic heterocycles. The fraction of sp³-hybridized carbons (Fsp3) is 0.0800. The molecule has 0 amide bonds. The van der Waals surface area contributed by atoms with Crippen molar-refractivity contribution < 1.29 is 38.4 Å². The standard InChI is InChI=1S/C25H20N2O2.ClHO4/c1-28-17-11-16(12-18(14-17)29-2)22-13-15-7-3-4-8-19(15)24-23(22)20-9-5-6-10-21(20)25(26)27-24;2-1(3,4)5/h3-14H,1-2H3,(H2,26,27);(H,2,3,4,5). The summed E-state index contributed by atoms with van der Waals surface area (Å²) in [6.45, 7) is 0. The van der Waals surface area contributed by atoms with Gasteiger partial charge in [-0.3, -0.25) is 0 Å². The molecule has 8 nitrogen and oxygen atoms in total. The van der Waals surface area contributed by atoms with Crippen LogP contribution in [-0.4, -0.2) is 23.9 Å². The summed E-state index contributed by atoms with van der Waals surface area (Å²) < 4.78 is 43.7. The van der Waals surface area contributed by atoms with Crippen molar-refractivity contribution in [2.75, 3.05) is 20.0 Å². The highest BCUT2D eigenvalue weighted by Gasteiger charge is 2.16. The first-order chi connectivity index (χ1) is 16.2. The summed E-state index contributed by atoms with van der Waals surface area (Å²) in [6, 6.07) is 24.5. The molecule has 0 fully saturated rings. The maximum absolute atomic E-state index is 8.60. The molecule has 1 aromatic heterocycles. The summed E-state index contributed by atoms with van der Waals surface area (Å²) in [5.74, 6) is 2.03. The van der Waals surface area contributed by atoms with E-state index in [2.05, 4.69) is 24.3 Å². The molecule has 174 valence electrons. The van der Waals surface area contributed by atoms with Gasteiger partial charge in [-0.05, 0) is 40.1 Å². The third-order valence-corrected chi connectivity index (χ3v) is 5.39. The van der Waals surface area contributed by atoms with Crippen molar-refractivity contribution in [2.45, 2.75) is 0 Å². The van der Waals surface area contributed by atoms with Gasteiger partial charge in [0, 0.05) is 22.2 Å². The van der Waals surface area contributed by atoms with Gasteiger partial charge < -0.3 is 15.2 Å². The van der Waals surface area contributed by atoms with Crippen LogP contribution in [-0.2, 0) is 0 Å². The molecule has 34 heavy (non-hydrogen) atoms. The largest absolute Gasteiger partial charge is 0.497 e. The van der Waals surface area contributed by atoms with Crippen LogP contribution < -0.4 is 29.2 Å². The van der Waals surface area contributed by atoms with Gasteiger partial charge in [0.05, 0.1) is 34.6 Å². The minimum Gasteiger partial charge on any atom is -0.497 e. The molecule has 5 rings (SSSR count). The zero-order valence-corrected chi connectivity index (χ0v) is 19.1. The van der Waals surface area contributed by atoms with Crippen LogP contribution in [0.2, 0.25) is 0 Å². The normalized spacial score (nSPS) is 11.4. The number of anilines is 1. The quantitative estimate of drug-likeness (QED) is 0.371. The van der Waals surface area contributed by atoms with E-state index in [1.54, 1.807) is 14.2 Å². The Hall–Kier alpha value is -3.66. The second-order valence-electron chi connectivity index (χ2n) is 7.41. The predicted octanol–water partition coefficient (Wildman–Crippen LogP) is 1.68. The highest BCUT2D eigenvalue weighted by atomic mass is 35.7. The lowest BCUT2D eigenvalue weighted by Crippen LogP contribution is -2.58. The van der Waals surface area contributed by atoms with E-state index in [4.69, 9.17) is 38.8 Å². The van der Waals surface area contributed by atoms with Gasteiger partial charge in [0.1, 0.15) is 17.3 Å². The van der Waals surface area contributed by atoms with E-state index in [1.807, 2.05) is 48.5 Å². The number of ether oxygens (including phenoxy) is 2. The number of halogens is 1. The van der Waals surface area contributed by atoms with Gasteiger partial charge in [0.2, 0.25) is 0 Å². The van der Waals surface area contributed by atoms with E-state index in [1.165, 1.54) is 0 Å². The van der Waals surface area contributed by atoms with Gasteiger partial charge in [-0.15, -0.1) is 0 Å². The van der Waals surface area contributed by atoms with E-state index in [9.17, 15) is 0 Å². The Morgan fingerprint density at radius 2 is 1.32 bits per heavy atom. The molecule has 5 aromatic rings. The van der Waals surface area contributed by atoms with Gasteiger partial charge in [-0.25, -0.2) is 4.98 Å². The molecule has 0 bridgehead atoms. The topological polar surface area (TPSA) is 147 Å². The summed E-state index contributed by atoms with van der Waals surface area (Å²) in [6.07, 6.45) is 0. The van der Waals surface area contributed by atoms with E-state index in [0.29, 0.717) is 5.82 Å². The number of nitrogens with zero attached hydrogens (tertiary/aromatic N) is 1. The third kappa shape index (κ3) is 4.81. The first kappa shape index (κ1) is 23.5. The highest BCUT2D eigenvalue weighted by Crippen LogP contribution is 2.41. The monoisotopic (exact) mass is 480 g/mol. The van der Waals surface area contributed by atoms with Crippen LogP contribution in [0.3, 0.4) is 0 Å². The number of hydrogen-bond donors (Lipinski definition) is 2. The van der Waals surface area contributed by atoms with E-state index in [-0.39, 0.29) is 0 Å². The average molecular weight is 481 g/mol. The van der Waals surface area contributed by atoms with Gasteiger partial charge in [-0.2, -0.15) is 14.0 Å². The van der Waals surface area contributed by atoms with Gasteiger partial charge in [-0.1, -0.05) is 48.5 Å². The fourth-order valence-electron chi connectivity index (χ4n) is 4.01. The zero-order chi connectivity index (χ0) is 24.5. The molecule has 0 saturated carbocycles. The lowest BCUT2D eigenvalue weighted by atomic mass is 9.92. The second kappa shape index (κ2) is 9.30. The Morgan fingerprint density at radius 1 is 0.794 bits per heavy atom. The lowest BCUT2D eigenvalue weighted by molar-refractivity contribution is -1.92. The number of nitrogen functional groups attached to an aromatic ring is 1. The number of methoxy groups -OCH3 is 2. The maximum Gasteiger partial charge on any atom is 0.132 e. The summed E-state index contributed by atoms with van der Waals surface area (Å²) >= 11 is 0. The molecular weight excluding hydrogens is 460 g/mol. The van der Waals surface area contributed by atoms with Crippen molar-refractivity contribution >= 4 is 38.3 Å². The van der Waals surface area contributed by atoms with Crippen molar-refractivity contribution in [1.29, 1.82) is 0 Å². The first-order valence-corrected chi connectivity index (χ1v) is 11.3. The average Bonchev–Trinajstić information content (AvgIpc) is 2.82. The Morgan fingerprint density at radius 3 is 1.91 bits per heavy atom. The number of nitrogens with two attached hydrogens (primary N) is 1. The Kier molecular flexibility index (Phi) is 6.43. The Bertz CT molecular complexity index is 1470. The number of pyridine rings is 1. The smallest absolute Gasteiger partial charge is 0.132 e. The van der Waals surface area contributed by atoms with E-state index in [0.717, 1.165) is 55.1 Å². The predicted molar refractivity (Wildman–Crippen MR) is 122 cm³/mol. The molecule has 0 spiro atoms. The van der Waals surface area contributed by atoms with Crippen LogP contribution >= 0.6 is 0 Å². The van der Waals surface area contributed by atoms with Crippen molar-refractivity contribution in [3.63, 3.8) is 0 Å². The zero-order valence-electron chi connectivity index (χ0n) is 18.3. The number of rotatable bonds is 3. The Labute approximate surface area is 197 Å². The summed E-state index contributed by atoms with van der Waals surface area (Å²) in [7, 11) is -1.37. The minimum atomic E-state index is -4.69. The summed E-state index contributed by atoms with van der Waals surface area (Å²) in [5.41, 5.74) is 9.32. The second-order valence-corrected chi connectivity index (χ2v) is 8.20. The van der Waals surface area contributed by atoms with Crippen LogP contribution in [0.15, 0.2) is 72.8 Å². The molecule has 0 saturated heterocycles. The SMILES string of the molecule is COc1cc(OC)cc(-c2cc3ccccc3c3nc(N)c4ccccc4c23)c1.[O-][Cl+3]([O-])([O-])O. The third-order valence-electron chi connectivity index (χ3n) is 5.39. The molecule has 0 radical (unpaired) electrons. The molecule has 4 aromatic carbocycles. The molecule has 0 aliphatic rings. The molecule has 9 heteroatoms. The lowest BCUT2D eigenvalue weighted by Gasteiger charge is -2.15. The van der Waals surface area contributed by atoms with Crippen LogP contribution in [0.25, 0.3) is 43.6 Å². The molecule has 0 aliphatic carbocycles. The fourth-order valence-corrected chi connectivity index (χ4v) is 4.01. The van der Waals surface area contributed by atoms with Crippen LogP contribution in [0.1, 0.15) is 0 Å². The number of benzene rings is 4. The van der Waals surface area contributed by atoms with Crippen molar-refractivity contribution in [2.24, 2.45) is 0 Å². The van der Waals surface area contributed by atoms with E-state index >= 15 is 0 Å². The van der Waals surface area contributed by atoms with Crippen LogP contribution in [0.4, 0.5) is 5.82 Å². The summed E-state index contributed by atoms with van der Waals surface area (Å²) in [4.78, 5) is 4.82. The highest BCUT2D eigenvalue weighted by molar-refractivity contribution is 6.23. The molecular formula is C25H21ClN2O6. The Balaban J connectivity index is 0.000000499. The number of aromatic nitrogens is 1. The minimum absolute atomic E-state index is 0.540.